The van der Waals surface area contributed by atoms with Crippen LogP contribution in [0.25, 0.3) is 0 Å². The molecule has 0 bridgehead atoms. The molecule has 0 aliphatic heterocycles. The summed E-state index contributed by atoms with van der Waals surface area (Å²) in [6.07, 6.45) is 2.02. The van der Waals surface area contributed by atoms with Crippen molar-refractivity contribution < 1.29 is 40.0 Å². The molecule has 0 heterocycles. The van der Waals surface area contributed by atoms with Crippen LogP contribution in [0.5, 0.6) is 11.5 Å². The fraction of sp³-hybridized carbons (Fsp3) is 0.310. The highest BCUT2D eigenvalue weighted by atomic mass is 32.2. The number of halogens is 3. The van der Waals surface area contributed by atoms with Gasteiger partial charge in [-0.05, 0) is 45.1 Å². The van der Waals surface area contributed by atoms with Crippen LogP contribution in [0.4, 0.5) is 13.2 Å². The summed E-state index contributed by atoms with van der Waals surface area (Å²) in [5.41, 5.74) is -4.40. The van der Waals surface area contributed by atoms with Gasteiger partial charge in [0.15, 0.2) is 11.5 Å². The predicted molar refractivity (Wildman–Crippen MR) is 151 cm³/mol. The van der Waals surface area contributed by atoms with Gasteiger partial charge in [0.2, 0.25) is 0 Å². The maximum Gasteiger partial charge on any atom is 0.534 e. The molecule has 40 heavy (non-hydrogen) atoms. The Morgan fingerprint density at radius 3 is 1.90 bits per heavy atom. The van der Waals surface area contributed by atoms with Crippen LogP contribution in [0.2, 0.25) is 5.04 Å². The zero-order chi connectivity index (χ0) is 29.6. The van der Waals surface area contributed by atoms with Crippen LogP contribution in [0.1, 0.15) is 26.3 Å². The third-order valence-electron chi connectivity index (χ3n) is 6.43. The van der Waals surface area contributed by atoms with Gasteiger partial charge < -0.3 is 18.5 Å². The number of aliphatic hydroxyl groups is 1. The van der Waals surface area contributed by atoms with E-state index in [-0.39, 0.29) is 30.4 Å². The van der Waals surface area contributed by atoms with Crippen molar-refractivity contribution in [1.82, 2.24) is 0 Å². The fourth-order valence-electron chi connectivity index (χ4n) is 4.56. The molecule has 3 aromatic rings. The molecule has 11 heteroatoms. The van der Waals surface area contributed by atoms with Gasteiger partial charge in [-0.15, -0.1) is 0 Å². The molecular weight excluding hydrogens is 561 g/mol. The molecule has 216 valence electrons. The Labute approximate surface area is 234 Å². The monoisotopic (exact) mass is 594 g/mol. The molecule has 0 spiro atoms. The van der Waals surface area contributed by atoms with Gasteiger partial charge in [-0.1, -0.05) is 93.6 Å². The first kappa shape index (κ1) is 31.4. The van der Waals surface area contributed by atoms with E-state index in [9.17, 15) is 26.7 Å². The minimum absolute atomic E-state index is 0.189. The lowest BCUT2D eigenvalue weighted by atomic mass is 10.0. The number of aliphatic hydroxyl groups excluding tert-OH is 1. The lowest BCUT2D eigenvalue weighted by Crippen LogP contribution is -2.66. The maximum atomic E-state index is 12.7. The first-order valence-electron chi connectivity index (χ1n) is 12.5. The lowest BCUT2D eigenvalue weighted by Gasteiger charge is -2.42. The molecule has 0 atom stereocenters. The maximum absolute atomic E-state index is 12.7. The molecule has 1 N–H and O–H groups in total. The molecule has 0 unspecified atom stereocenters. The Morgan fingerprint density at radius 1 is 0.900 bits per heavy atom. The molecule has 6 nitrogen and oxygen atoms in total. The highest BCUT2D eigenvalue weighted by Gasteiger charge is 2.50. The fourth-order valence-corrected chi connectivity index (χ4v) is 9.51. The van der Waals surface area contributed by atoms with Crippen LogP contribution in [0, 0.1) is 0 Å². The summed E-state index contributed by atoms with van der Waals surface area (Å²) in [6, 6.07) is 24.1. The van der Waals surface area contributed by atoms with Gasteiger partial charge in [0.25, 0.3) is 8.32 Å². The molecular formula is C29H33F3O6SSi. The number of hydrogen-bond donors (Lipinski definition) is 1. The third-order valence-corrected chi connectivity index (χ3v) is 12.4. The van der Waals surface area contributed by atoms with Gasteiger partial charge in [0.05, 0.1) is 20.3 Å². The second kappa shape index (κ2) is 12.6. The average Bonchev–Trinajstić information content (AvgIpc) is 2.90. The van der Waals surface area contributed by atoms with E-state index in [1.54, 1.807) is 6.08 Å². The van der Waals surface area contributed by atoms with Gasteiger partial charge in [-0.2, -0.15) is 21.6 Å². The summed E-state index contributed by atoms with van der Waals surface area (Å²) in [6.45, 7) is 6.40. The molecule has 0 saturated carbocycles. The molecule has 0 radical (unpaired) electrons. The molecule has 0 fully saturated rings. The van der Waals surface area contributed by atoms with Crippen molar-refractivity contribution in [2.45, 2.75) is 37.7 Å². The van der Waals surface area contributed by atoms with Crippen molar-refractivity contribution in [2.24, 2.45) is 0 Å². The molecule has 3 rings (SSSR count). The van der Waals surface area contributed by atoms with Crippen molar-refractivity contribution in [3.8, 4) is 11.5 Å². The predicted octanol–water partition coefficient (Wildman–Crippen LogP) is 4.96. The smallest absolute Gasteiger partial charge is 0.493 e. The van der Waals surface area contributed by atoms with Crippen LogP contribution in [-0.2, 0) is 21.0 Å². The van der Waals surface area contributed by atoms with Crippen molar-refractivity contribution in [1.29, 1.82) is 0 Å². The quantitative estimate of drug-likeness (QED) is 0.146. The second-order valence-corrected chi connectivity index (χ2v) is 16.0. The van der Waals surface area contributed by atoms with Crippen LogP contribution in [0.15, 0.2) is 90.5 Å². The van der Waals surface area contributed by atoms with Crippen LogP contribution in [0.3, 0.4) is 0 Å². The van der Waals surface area contributed by atoms with Crippen molar-refractivity contribution in [3.05, 3.63) is 96.1 Å². The van der Waals surface area contributed by atoms with E-state index in [0.717, 1.165) is 16.4 Å². The van der Waals surface area contributed by atoms with E-state index in [1.807, 2.05) is 36.4 Å². The normalized spacial score (nSPS) is 13.2. The highest BCUT2D eigenvalue weighted by Crippen LogP contribution is 2.37. The third kappa shape index (κ3) is 6.95. The minimum Gasteiger partial charge on any atom is -0.493 e. The number of ether oxygens (including phenoxy) is 1. The van der Waals surface area contributed by atoms with Crippen LogP contribution in [-0.4, -0.2) is 47.7 Å². The number of methoxy groups -OCH3 is 1. The van der Waals surface area contributed by atoms with Gasteiger partial charge >= 0.3 is 15.6 Å². The van der Waals surface area contributed by atoms with Crippen LogP contribution < -0.4 is 19.3 Å². The van der Waals surface area contributed by atoms with Crippen molar-refractivity contribution >= 4 is 28.8 Å². The standard InChI is InChI=1S/C29H33F3O6SSi/c1-28(2,3)40(24-11-7-5-8-12-24,25-13-9-6-10-14-25)37-18-17-23(21-33)19-22-15-16-26(27(20-22)36-4)38-39(34,35)29(30,31)32/h5-17,20,33H,18-19,21H2,1-4H3/b23-17-. The Morgan fingerprint density at radius 2 is 1.45 bits per heavy atom. The highest BCUT2D eigenvalue weighted by molar-refractivity contribution is 7.88. The summed E-state index contributed by atoms with van der Waals surface area (Å²) in [5.74, 6) is -0.778. The summed E-state index contributed by atoms with van der Waals surface area (Å²) in [4.78, 5) is 0. The number of rotatable bonds is 11. The SMILES string of the molecule is COc1cc(C/C(=C/CO[Si](c2ccccc2)(c2ccccc2)C(C)(C)C)CO)ccc1OS(=O)(=O)C(F)(F)F. The number of benzene rings is 3. The molecule has 0 aromatic heterocycles. The van der Waals surface area contributed by atoms with E-state index in [2.05, 4.69) is 49.2 Å². The van der Waals surface area contributed by atoms with E-state index in [0.29, 0.717) is 11.1 Å². The summed E-state index contributed by atoms with van der Waals surface area (Å²) in [5, 5.41) is 12.1. The van der Waals surface area contributed by atoms with Gasteiger partial charge in [-0.3, -0.25) is 0 Å². The Kier molecular flexibility index (Phi) is 9.88. The average molecular weight is 595 g/mol. The van der Waals surface area contributed by atoms with E-state index >= 15 is 0 Å². The first-order valence-corrected chi connectivity index (χ1v) is 15.8. The zero-order valence-corrected chi connectivity index (χ0v) is 24.6. The molecule has 0 aliphatic rings. The zero-order valence-electron chi connectivity index (χ0n) is 22.7. The minimum atomic E-state index is -5.85. The summed E-state index contributed by atoms with van der Waals surface area (Å²) < 4.78 is 77.2. The first-order chi connectivity index (χ1) is 18.7. The Hall–Kier alpha value is -3.12. The number of hydrogen-bond acceptors (Lipinski definition) is 6. The summed E-state index contributed by atoms with van der Waals surface area (Å²) in [7, 11) is -7.46. The van der Waals surface area contributed by atoms with Gasteiger partial charge in [0.1, 0.15) is 0 Å². The van der Waals surface area contributed by atoms with E-state index in [1.165, 1.54) is 19.2 Å². The molecule has 0 aliphatic carbocycles. The largest absolute Gasteiger partial charge is 0.534 e. The Balaban J connectivity index is 1.89. The Bertz CT molecular complexity index is 1360. The molecule has 0 amide bonds. The summed E-state index contributed by atoms with van der Waals surface area (Å²) >= 11 is 0. The second-order valence-electron chi connectivity index (χ2n) is 10.1. The van der Waals surface area contributed by atoms with Crippen LogP contribution >= 0.6 is 0 Å². The molecule has 3 aromatic carbocycles. The van der Waals surface area contributed by atoms with Crippen molar-refractivity contribution in [2.75, 3.05) is 20.3 Å². The topological polar surface area (TPSA) is 82.1 Å². The van der Waals surface area contributed by atoms with Gasteiger partial charge in [0, 0.05) is 0 Å². The van der Waals surface area contributed by atoms with Gasteiger partial charge in [-0.25, -0.2) is 0 Å². The number of alkyl halides is 3. The van der Waals surface area contributed by atoms with E-state index in [4.69, 9.17) is 9.16 Å². The van der Waals surface area contributed by atoms with E-state index < -0.39 is 29.7 Å². The molecule has 0 saturated heterocycles. The van der Waals surface area contributed by atoms with Crippen molar-refractivity contribution in [3.63, 3.8) is 0 Å². The lowest BCUT2D eigenvalue weighted by molar-refractivity contribution is -0.0500.